The van der Waals surface area contributed by atoms with Crippen molar-refractivity contribution in [1.29, 1.82) is 0 Å². The van der Waals surface area contributed by atoms with Gasteiger partial charge in [0, 0.05) is 5.02 Å². The summed E-state index contributed by atoms with van der Waals surface area (Å²) < 4.78 is 28.7. The van der Waals surface area contributed by atoms with Gasteiger partial charge in [-0.1, -0.05) is 34.8 Å². The SMILES string of the molecule is Cc1nc2c(Cl)c(NS(=O)(=O)c3cc(Cl)cc(C)c3Cl)ccc2s1. The second-order valence-electron chi connectivity index (χ2n) is 5.15. The fraction of sp³-hybridized carbons (Fsp3) is 0.133. The summed E-state index contributed by atoms with van der Waals surface area (Å²) in [6.07, 6.45) is 0. The minimum Gasteiger partial charge on any atom is -0.278 e. The van der Waals surface area contributed by atoms with E-state index < -0.39 is 10.0 Å². The highest BCUT2D eigenvalue weighted by Crippen LogP contribution is 2.36. The summed E-state index contributed by atoms with van der Waals surface area (Å²) in [4.78, 5) is 4.23. The van der Waals surface area contributed by atoms with E-state index in [-0.39, 0.29) is 25.7 Å². The van der Waals surface area contributed by atoms with Crippen LogP contribution >= 0.6 is 46.1 Å². The molecule has 0 spiro atoms. The van der Waals surface area contributed by atoms with E-state index in [0.717, 1.165) is 9.71 Å². The number of hydrogen-bond acceptors (Lipinski definition) is 4. The monoisotopic (exact) mass is 420 g/mol. The molecule has 9 heteroatoms. The molecule has 3 aromatic rings. The fourth-order valence-corrected chi connectivity index (χ4v) is 5.44. The maximum atomic E-state index is 12.7. The van der Waals surface area contributed by atoms with Gasteiger partial charge in [-0.15, -0.1) is 11.3 Å². The van der Waals surface area contributed by atoms with Crippen LogP contribution in [-0.2, 0) is 10.0 Å². The van der Waals surface area contributed by atoms with Gasteiger partial charge in [0.2, 0.25) is 0 Å². The summed E-state index contributed by atoms with van der Waals surface area (Å²) in [5.41, 5.74) is 1.37. The first-order chi connectivity index (χ1) is 11.2. The van der Waals surface area contributed by atoms with Crippen molar-refractivity contribution < 1.29 is 8.42 Å². The van der Waals surface area contributed by atoms with E-state index in [1.807, 2.05) is 6.92 Å². The molecule has 4 nitrogen and oxygen atoms in total. The third-order valence-corrected chi connectivity index (χ3v) is 6.87. The zero-order valence-corrected chi connectivity index (χ0v) is 16.4. The van der Waals surface area contributed by atoms with Crippen molar-refractivity contribution in [3.8, 4) is 0 Å². The number of anilines is 1. The summed E-state index contributed by atoms with van der Waals surface area (Å²) >= 11 is 19.9. The van der Waals surface area contributed by atoms with Crippen LogP contribution in [0.5, 0.6) is 0 Å². The lowest BCUT2D eigenvalue weighted by Crippen LogP contribution is -2.14. The Balaban J connectivity index is 2.09. The van der Waals surface area contributed by atoms with E-state index in [1.165, 1.54) is 17.4 Å². The average Bonchev–Trinajstić information content (AvgIpc) is 2.87. The van der Waals surface area contributed by atoms with Crippen molar-refractivity contribution in [1.82, 2.24) is 4.98 Å². The summed E-state index contributed by atoms with van der Waals surface area (Å²) in [7, 11) is -3.95. The quantitative estimate of drug-likeness (QED) is 0.592. The number of halogens is 3. The summed E-state index contributed by atoms with van der Waals surface area (Å²) in [5.74, 6) is 0. The van der Waals surface area contributed by atoms with Crippen LogP contribution in [0.15, 0.2) is 29.2 Å². The van der Waals surface area contributed by atoms with Crippen LogP contribution in [0, 0.1) is 13.8 Å². The van der Waals surface area contributed by atoms with Gasteiger partial charge in [-0.25, -0.2) is 13.4 Å². The largest absolute Gasteiger partial charge is 0.278 e. The van der Waals surface area contributed by atoms with Crippen molar-refractivity contribution in [2.45, 2.75) is 18.7 Å². The number of aryl methyl sites for hydroxylation is 2. The molecule has 0 aliphatic carbocycles. The van der Waals surface area contributed by atoms with Crippen molar-refractivity contribution in [3.05, 3.63) is 49.9 Å². The van der Waals surface area contributed by atoms with E-state index in [0.29, 0.717) is 11.1 Å². The molecule has 0 aliphatic heterocycles. The number of hydrogen-bond donors (Lipinski definition) is 1. The molecule has 0 atom stereocenters. The lowest BCUT2D eigenvalue weighted by atomic mass is 10.2. The Labute approximate surface area is 158 Å². The predicted octanol–water partition coefficient (Wildman–Crippen LogP) is 5.67. The Kier molecular flexibility index (Phi) is 4.70. The normalized spacial score (nSPS) is 11.9. The molecule has 1 N–H and O–H groups in total. The molecule has 0 aliphatic rings. The summed E-state index contributed by atoms with van der Waals surface area (Å²) in [5, 5.41) is 1.50. The topological polar surface area (TPSA) is 59.1 Å². The molecular formula is C15H11Cl3N2O2S2. The van der Waals surface area contributed by atoms with E-state index in [9.17, 15) is 8.42 Å². The number of aromatic nitrogens is 1. The van der Waals surface area contributed by atoms with Gasteiger partial charge in [0.05, 0.1) is 25.4 Å². The van der Waals surface area contributed by atoms with Gasteiger partial charge >= 0.3 is 0 Å². The highest BCUT2D eigenvalue weighted by Gasteiger charge is 2.22. The first-order valence-corrected chi connectivity index (χ1v) is 10.2. The van der Waals surface area contributed by atoms with Crippen LogP contribution in [0.25, 0.3) is 10.2 Å². The van der Waals surface area contributed by atoms with E-state index in [1.54, 1.807) is 25.1 Å². The number of nitrogens with one attached hydrogen (secondary N) is 1. The van der Waals surface area contributed by atoms with E-state index in [4.69, 9.17) is 34.8 Å². The molecule has 0 unspecified atom stereocenters. The van der Waals surface area contributed by atoms with Crippen molar-refractivity contribution in [2.24, 2.45) is 0 Å². The second kappa shape index (κ2) is 6.35. The number of rotatable bonds is 3. The Morgan fingerprint density at radius 2 is 1.79 bits per heavy atom. The Morgan fingerprint density at radius 1 is 1.08 bits per heavy atom. The number of nitrogens with zero attached hydrogens (tertiary/aromatic N) is 1. The van der Waals surface area contributed by atoms with Gasteiger partial charge in [-0.3, -0.25) is 4.72 Å². The van der Waals surface area contributed by atoms with Gasteiger partial charge in [-0.2, -0.15) is 0 Å². The maximum absolute atomic E-state index is 12.7. The average molecular weight is 422 g/mol. The number of thiazole rings is 1. The van der Waals surface area contributed by atoms with Crippen LogP contribution < -0.4 is 4.72 Å². The van der Waals surface area contributed by atoms with Gasteiger partial charge < -0.3 is 0 Å². The zero-order valence-electron chi connectivity index (χ0n) is 12.5. The van der Waals surface area contributed by atoms with Gasteiger partial charge in [0.15, 0.2) is 0 Å². The molecule has 3 rings (SSSR count). The molecule has 1 aromatic heterocycles. The molecule has 126 valence electrons. The van der Waals surface area contributed by atoms with Crippen LogP contribution in [0.1, 0.15) is 10.6 Å². The number of sulfonamides is 1. The first-order valence-electron chi connectivity index (χ1n) is 6.73. The van der Waals surface area contributed by atoms with Crippen molar-refractivity contribution >= 4 is 72.1 Å². The highest BCUT2D eigenvalue weighted by atomic mass is 35.5. The van der Waals surface area contributed by atoms with Crippen LogP contribution in [0.2, 0.25) is 15.1 Å². The third kappa shape index (κ3) is 3.21. The molecule has 0 saturated carbocycles. The molecule has 0 saturated heterocycles. The smallest absolute Gasteiger partial charge is 0.263 e. The Hall–Kier alpha value is -1.05. The summed E-state index contributed by atoms with van der Waals surface area (Å²) in [6.45, 7) is 3.55. The van der Waals surface area contributed by atoms with E-state index >= 15 is 0 Å². The molecule has 1 heterocycles. The summed E-state index contributed by atoms with van der Waals surface area (Å²) in [6, 6.07) is 6.28. The lowest BCUT2D eigenvalue weighted by molar-refractivity contribution is 0.601. The standard InChI is InChI=1S/C15H11Cl3N2O2S2/c1-7-5-9(16)6-12(13(7)17)24(21,22)20-10-3-4-11-15(14(10)18)19-8(2)23-11/h3-6,20H,1-2H3. The first kappa shape index (κ1) is 17.8. The van der Waals surface area contributed by atoms with Crippen molar-refractivity contribution in [2.75, 3.05) is 4.72 Å². The van der Waals surface area contributed by atoms with Gasteiger partial charge in [0.1, 0.15) is 10.4 Å². The Morgan fingerprint density at radius 3 is 2.50 bits per heavy atom. The zero-order chi connectivity index (χ0) is 17.6. The molecule has 2 aromatic carbocycles. The van der Waals surface area contributed by atoms with Crippen molar-refractivity contribution in [3.63, 3.8) is 0 Å². The minimum atomic E-state index is -3.95. The minimum absolute atomic E-state index is 0.0974. The number of benzene rings is 2. The molecule has 24 heavy (non-hydrogen) atoms. The third-order valence-electron chi connectivity index (χ3n) is 3.33. The molecule has 0 amide bonds. The molecule has 0 bridgehead atoms. The molecule has 0 radical (unpaired) electrons. The van der Waals surface area contributed by atoms with E-state index in [2.05, 4.69) is 9.71 Å². The van der Waals surface area contributed by atoms with Crippen LogP contribution in [0.4, 0.5) is 5.69 Å². The molecular weight excluding hydrogens is 411 g/mol. The number of fused-ring (bicyclic) bond motifs is 1. The Bertz CT molecular complexity index is 1060. The predicted molar refractivity (Wildman–Crippen MR) is 101 cm³/mol. The van der Waals surface area contributed by atoms with Gasteiger partial charge in [-0.05, 0) is 43.7 Å². The lowest BCUT2D eigenvalue weighted by Gasteiger charge is -2.12. The maximum Gasteiger partial charge on any atom is 0.263 e. The second-order valence-corrected chi connectivity index (χ2v) is 9.22. The fourth-order valence-electron chi connectivity index (χ4n) is 2.24. The highest BCUT2D eigenvalue weighted by molar-refractivity contribution is 7.92. The molecule has 0 fully saturated rings. The van der Waals surface area contributed by atoms with Crippen LogP contribution in [0.3, 0.4) is 0 Å². The van der Waals surface area contributed by atoms with Gasteiger partial charge in [0.25, 0.3) is 10.0 Å². The van der Waals surface area contributed by atoms with Crippen LogP contribution in [-0.4, -0.2) is 13.4 Å².